The number of rotatable bonds is 10. The first-order valence-electron chi connectivity index (χ1n) is 19.5. The molecule has 0 saturated heterocycles. The van der Waals surface area contributed by atoms with Crippen LogP contribution in [0.2, 0.25) is 0 Å². The standard InChI is InChI=1S/C48H62N2O4/c1-32-14-22-36(23-15-32)47(53,37-24-16-33(2)17-25-37)40(44(5,6)7)50(43(52)46(42(49)51)30-12-11-13-31-46)41(45(8,9)10)48(54,38-26-18-34(3)19-27-38)39-28-20-35(4)21-29-39/h14-29,40-41,53-54H,11-13,30-31H2,1-10H3,(H2,49,51). The van der Waals surface area contributed by atoms with Gasteiger partial charge in [-0.15, -0.1) is 0 Å². The molecule has 4 aromatic carbocycles. The van der Waals surface area contributed by atoms with Gasteiger partial charge in [0, 0.05) is 0 Å². The number of primary amides is 1. The van der Waals surface area contributed by atoms with Gasteiger partial charge in [0.25, 0.3) is 0 Å². The number of aryl methyl sites for hydroxylation is 4. The Morgan fingerprint density at radius 2 is 0.796 bits per heavy atom. The minimum absolute atomic E-state index is 0.298. The average molecular weight is 731 g/mol. The molecule has 6 nitrogen and oxygen atoms in total. The SMILES string of the molecule is Cc1ccc(C(O)(c2ccc(C)cc2)C(N(C(=O)C2(C(N)=O)CCCCC2)C(C(C)(C)C)C(O)(c2ccc(C)cc2)c2ccc(C)cc2)C(C)(C)C)cc1. The van der Waals surface area contributed by atoms with E-state index in [0.717, 1.165) is 28.7 Å². The second-order valence-electron chi connectivity index (χ2n) is 18.3. The third-order valence-corrected chi connectivity index (χ3v) is 11.8. The lowest BCUT2D eigenvalue weighted by Gasteiger charge is -2.59. The van der Waals surface area contributed by atoms with Crippen LogP contribution in [-0.4, -0.2) is 39.0 Å². The van der Waals surface area contributed by atoms with Crippen molar-refractivity contribution in [1.29, 1.82) is 0 Å². The molecule has 6 heteroatoms. The van der Waals surface area contributed by atoms with Gasteiger partial charge in [-0.05, 0) is 73.6 Å². The lowest BCUT2D eigenvalue weighted by atomic mass is 9.62. The fraction of sp³-hybridized carbons (Fsp3) is 0.458. The zero-order valence-corrected chi connectivity index (χ0v) is 34.2. The molecule has 0 aromatic heterocycles. The zero-order chi connectivity index (χ0) is 39.9. The first-order valence-corrected chi connectivity index (χ1v) is 19.5. The maximum Gasteiger partial charge on any atom is 0.239 e. The number of amides is 2. The quantitative estimate of drug-likeness (QED) is 0.142. The van der Waals surface area contributed by atoms with Gasteiger partial charge in [-0.1, -0.05) is 180 Å². The van der Waals surface area contributed by atoms with Gasteiger partial charge < -0.3 is 20.8 Å². The van der Waals surface area contributed by atoms with Gasteiger partial charge in [0.2, 0.25) is 11.8 Å². The summed E-state index contributed by atoms with van der Waals surface area (Å²) in [6.45, 7) is 20.2. The van der Waals surface area contributed by atoms with Gasteiger partial charge in [-0.25, -0.2) is 0 Å². The van der Waals surface area contributed by atoms with Crippen LogP contribution in [0.5, 0.6) is 0 Å². The minimum atomic E-state index is -1.81. The maximum atomic E-state index is 16.3. The highest BCUT2D eigenvalue weighted by Gasteiger charge is 2.62. The number of carbonyl (C=O) groups excluding carboxylic acids is 2. The van der Waals surface area contributed by atoms with E-state index in [-0.39, 0.29) is 0 Å². The summed E-state index contributed by atoms with van der Waals surface area (Å²) in [7, 11) is 0. The van der Waals surface area contributed by atoms with Crippen LogP contribution in [0, 0.1) is 43.9 Å². The van der Waals surface area contributed by atoms with Crippen molar-refractivity contribution in [2.24, 2.45) is 22.0 Å². The Morgan fingerprint density at radius 1 is 0.537 bits per heavy atom. The van der Waals surface area contributed by atoms with E-state index in [4.69, 9.17) is 5.73 Å². The Kier molecular flexibility index (Phi) is 11.4. The van der Waals surface area contributed by atoms with E-state index in [0.29, 0.717) is 47.9 Å². The Balaban J connectivity index is 2.00. The van der Waals surface area contributed by atoms with Crippen molar-refractivity contribution in [2.45, 2.75) is 125 Å². The molecular weight excluding hydrogens is 669 g/mol. The number of aliphatic hydroxyl groups is 2. The normalized spacial score (nSPS) is 16.4. The van der Waals surface area contributed by atoms with Gasteiger partial charge in [-0.3, -0.25) is 9.59 Å². The summed E-state index contributed by atoms with van der Waals surface area (Å²) in [5, 5.41) is 27.9. The van der Waals surface area contributed by atoms with E-state index in [1.54, 1.807) is 4.90 Å². The van der Waals surface area contributed by atoms with Crippen LogP contribution < -0.4 is 5.73 Å². The Morgan fingerprint density at radius 3 is 1.02 bits per heavy atom. The van der Waals surface area contributed by atoms with Gasteiger partial charge in [0.05, 0.1) is 12.1 Å². The monoisotopic (exact) mass is 730 g/mol. The molecule has 0 spiro atoms. The van der Waals surface area contributed by atoms with Crippen LogP contribution in [0.15, 0.2) is 97.1 Å². The first kappa shape index (κ1) is 40.9. The number of nitrogens with zero attached hydrogens (tertiary/aromatic N) is 1. The summed E-state index contributed by atoms with van der Waals surface area (Å²) in [4.78, 5) is 32.0. The van der Waals surface area contributed by atoms with E-state index in [1.165, 1.54) is 0 Å². The Bertz CT molecular complexity index is 1700. The molecule has 54 heavy (non-hydrogen) atoms. The molecule has 5 rings (SSSR count). The summed E-state index contributed by atoms with van der Waals surface area (Å²) in [6, 6.07) is 29.2. The Hall–Kier alpha value is -4.26. The predicted octanol–water partition coefficient (Wildman–Crippen LogP) is 9.19. The third-order valence-electron chi connectivity index (χ3n) is 11.8. The number of benzene rings is 4. The van der Waals surface area contributed by atoms with E-state index in [1.807, 2.05) is 166 Å². The molecule has 1 fully saturated rings. The molecule has 288 valence electrons. The molecule has 2 amide bonds. The fourth-order valence-electron chi connectivity index (χ4n) is 9.04. The van der Waals surface area contributed by atoms with E-state index >= 15 is 4.79 Å². The van der Waals surface area contributed by atoms with Crippen LogP contribution in [0.3, 0.4) is 0 Å². The number of carbonyl (C=O) groups is 2. The number of nitrogens with two attached hydrogens (primary N) is 1. The van der Waals surface area contributed by atoms with E-state index < -0.39 is 51.3 Å². The summed E-state index contributed by atoms with van der Waals surface area (Å²) in [6.07, 6.45) is 2.83. The molecule has 1 aliphatic carbocycles. The fourth-order valence-corrected chi connectivity index (χ4v) is 9.04. The van der Waals surface area contributed by atoms with Gasteiger partial charge in [0.15, 0.2) is 0 Å². The summed E-state index contributed by atoms with van der Waals surface area (Å²) in [5.74, 6) is -1.12. The number of hydrogen-bond acceptors (Lipinski definition) is 4. The molecule has 2 atom stereocenters. The lowest BCUT2D eigenvalue weighted by Crippen LogP contribution is -2.71. The highest BCUT2D eigenvalue weighted by molar-refractivity contribution is 6.05. The van der Waals surface area contributed by atoms with Gasteiger partial charge >= 0.3 is 0 Å². The van der Waals surface area contributed by atoms with E-state index in [2.05, 4.69) is 0 Å². The Labute approximate surface area is 323 Å². The zero-order valence-electron chi connectivity index (χ0n) is 34.2. The second kappa shape index (κ2) is 15.1. The first-order chi connectivity index (χ1) is 25.2. The molecule has 0 heterocycles. The molecule has 2 unspecified atom stereocenters. The smallest absolute Gasteiger partial charge is 0.239 e. The molecule has 4 N–H and O–H groups in total. The van der Waals surface area contributed by atoms with Crippen LogP contribution >= 0.6 is 0 Å². The van der Waals surface area contributed by atoms with Crippen LogP contribution in [0.25, 0.3) is 0 Å². The van der Waals surface area contributed by atoms with Crippen molar-refractivity contribution >= 4 is 11.8 Å². The van der Waals surface area contributed by atoms with Crippen molar-refractivity contribution in [3.05, 3.63) is 142 Å². The van der Waals surface area contributed by atoms with Crippen LogP contribution in [-0.2, 0) is 20.8 Å². The minimum Gasteiger partial charge on any atom is -0.378 e. The molecule has 0 aliphatic heterocycles. The molecule has 1 aliphatic rings. The average Bonchev–Trinajstić information content (AvgIpc) is 3.11. The van der Waals surface area contributed by atoms with E-state index in [9.17, 15) is 15.0 Å². The van der Waals surface area contributed by atoms with Crippen molar-refractivity contribution in [3.63, 3.8) is 0 Å². The van der Waals surface area contributed by atoms with Crippen LogP contribution in [0.1, 0.15) is 118 Å². The second-order valence-corrected chi connectivity index (χ2v) is 18.3. The lowest BCUT2D eigenvalue weighted by molar-refractivity contribution is -0.186. The summed E-state index contributed by atoms with van der Waals surface area (Å²) >= 11 is 0. The molecular formula is C48H62N2O4. The highest BCUT2D eigenvalue weighted by atomic mass is 16.3. The van der Waals surface area contributed by atoms with Crippen molar-refractivity contribution in [2.75, 3.05) is 0 Å². The largest absolute Gasteiger partial charge is 0.378 e. The molecule has 1 saturated carbocycles. The maximum absolute atomic E-state index is 16.3. The molecule has 0 bridgehead atoms. The summed E-state index contributed by atoms with van der Waals surface area (Å²) in [5.41, 5.74) is 6.08. The highest BCUT2D eigenvalue weighted by Crippen LogP contribution is 2.53. The number of hydrogen-bond donors (Lipinski definition) is 3. The third kappa shape index (κ3) is 7.52. The van der Waals surface area contributed by atoms with Crippen molar-refractivity contribution in [1.82, 2.24) is 4.90 Å². The summed E-state index contributed by atoms with van der Waals surface area (Å²) < 4.78 is 0. The van der Waals surface area contributed by atoms with Crippen molar-refractivity contribution in [3.8, 4) is 0 Å². The topological polar surface area (TPSA) is 104 Å². The van der Waals surface area contributed by atoms with Gasteiger partial charge in [0.1, 0.15) is 16.6 Å². The molecule has 0 radical (unpaired) electrons. The van der Waals surface area contributed by atoms with Crippen LogP contribution in [0.4, 0.5) is 0 Å². The van der Waals surface area contributed by atoms with Gasteiger partial charge in [-0.2, -0.15) is 0 Å². The molecule has 4 aromatic rings. The predicted molar refractivity (Wildman–Crippen MR) is 219 cm³/mol. The van der Waals surface area contributed by atoms with Crippen molar-refractivity contribution < 1.29 is 19.8 Å².